The van der Waals surface area contributed by atoms with Gasteiger partial charge in [-0.25, -0.2) is 8.42 Å². The largest absolute Gasteiger partial charge is 0.497 e. The lowest BCUT2D eigenvalue weighted by atomic mass is 10.0. The van der Waals surface area contributed by atoms with Crippen LogP contribution in [-0.4, -0.2) is 57.1 Å². The Kier molecular flexibility index (Phi) is 11.3. The van der Waals surface area contributed by atoms with Crippen LogP contribution in [0.5, 0.6) is 5.75 Å². The van der Waals surface area contributed by atoms with E-state index in [0.717, 1.165) is 40.1 Å². The van der Waals surface area contributed by atoms with E-state index in [1.165, 1.54) is 4.90 Å². The Bertz CT molecular complexity index is 1390. The van der Waals surface area contributed by atoms with E-state index in [1.54, 1.807) is 25.3 Å². The van der Waals surface area contributed by atoms with E-state index in [4.69, 9.17) is 4.74 Å². The predicted octanol–water partition coefficient (Wildman–Crippen LogP) is 4.58. The van der Waals surface area contributed by atoms with Crippen LogP contribution in [0, 0.1) is 0 Å². The van der Waals surface area contributed by atoms with Crippen LogP contribution in [0.25, 0.3) is 0 Å². The fourth-order valence-corrected chi connectivity index (χ4v) is 5.32. The smallest absolute Gasteiger partial charge is 0.244 e. The van der Waals surface area contributed by atoms with Crippen LogP contribution in [0.1, 0.15) is 43.9 Å². The number of sulfonamides is 1. The Morgan fingerprint density at radius 2 is 1.56 bits per heavy atom. The van der Waals surface area contributed by atoms with Crippen molar-refractivity contribution >= 4 is 27.5 Å². The first kappa shape index (κ1) is 31.7. The molecule has 0 unspecified atom stereocenters. The number of nitrogens with zero attached hydrogens (tertiary/aromatic N) is 2. The minimum absolute atomic E-state index is 0.0911. The monoisotopic (exact) mass is 579 g/mol. The molecule has 0 bridgehead atoms. The Balaban J connectivity index is 2.06. The number of ether oxygens (including phenoxy) is 1. The number of hydrogen-bond donors (Lipinski definition) is 1. The van der Waals surface area contributed by atoms with Gasteiger partial charge in [-0.2, -0.15) is 0 Å². The van der Waals surface area contributed by atoms with Crippen LogP contribution in [0.3, 0.4) is 0 Å². The van der Waals surface area contributed by atoms with E-state index in [1.807, 2.05) is 81.4 Å². The third-order valence-electron chi connectivity index (χ3n) is 7.07. The summed E-state index contributed by atoms with van der Waals surface area (Å²) in [5, 5.41) is 3.03. The maximum atomic E-state index is 14.2. The highest BCUT2D eigenvalue weighted by molar-refractivity contribution is 7.92. The van der Waals surface area contributed by atoms with Crippen LogP contribution < -0.4 is 14.4 Å². The highest BCUT2D eigenvalue weighted by Crippen LogP contribution is 2.22. The van der Waals surface area contributed by atoms with E-state index in [-0.39, 0.29) is 24.9 Å². The lowest BCUT2D eigenvalue weighted by Crippen LogP contribution is -2.54. The fourth-order valence-electron chi connectivity index (χ4n) is 4.47. The number of nitrogens with one attached hydrogen (secondary N) is 1. The lowest BCUT2D eigenvalue weighted by molar-refractivity contribution is -0.140. The standard InChI is InChI=1S/C32H41N3O5S/c1-6-24(3)33-32(37)30(21-26-12-9-8-10-13-26)34(22-27-14-11-15-29(20-27)40-4)31(36)23-35(41(5,38)39)28-18-16-25(7-2)17-19-28/h8-20,24,30H,6-7,21-23H2,1-5H3,(H,33,37)/t24-,30-/m1/s1. The fraction of sp³-hybridized carbons (Fsp3) is 0.375. The molecule has 0 aliphatic rings. The summed E-state index contributed by atoms with van der Waals surface area (Å²) >= 11 is 0. The van der Waals surface area contributed by atoms with Crippen LogP contribution in [0.4, 0.5) is 5.69 Å². The summed E-state index contributed by atoms with van der Waals surface area (Å²) in [7, 11) is -2.25. The lowest BCUT2D eigenvalue weighted by Gasteiger charge is -2.34. The van der Waals surface area contributed by atoms with Crippen molar-refractivity contribution in [3.05, 3.63) is 95.6 Å². The second kappa shape index (κ2) is 14.7. The molecule has 41 heavy (non-hydrogen) atoms. The Morgan fingerprint density at radius 3 is 2.15 bits per heavy atom. The Morgan fingerprint density at radius 1 is 0.902 bits per heavy atom. The molecule has 3 aromatic carbocycles. The molecule has 3 rings (SSSR count). The maximum Gasteiger partial charge on any atom is 0.244 e. The molecular formula is C32H41N3O5S. The van der Waals surface area contributed by atoms with Gasteiger partial charge in [-0.3, -0.25) is 13.9 Å². The number of amides is 2. The zero-order valence-corrected chi connectivity index (χ0v) is 25.4. The highest BCUT2D eigenvalue weighted by Gasteiger charge is 2.33. The first-order valence-electron chi connectivity index (χ1n) is 13.9. The summed E-state index contributed by atoms with van der Waals surface area (Å²) < 4.78 is 32.3. The van der Waals surface area contributed by atoms with Crippen molar-refractivity contribution in [3.63, 3.8) is 0 Å². The summed E-state index contributed by atoms with van der Waals surface area (Å²) in [4.78, 5) is 29.4. The van der Waals surface area contributed by atoms with Crippen molar-refractivity contribution < 1.29 is 22.7 Å². The van der Waals surface area contributed by atoms with E-state index >= 15 is 0 Å². The summed E-state index contributed by atoms with van der Waals surface area (Å²) in [6.45, 7) is 5.55. The number of carbonyl (C=O) groups excluding carboxylic acids is 2. The molecule has 2 atom stereocenters. The molecular weight excluding hydrogens is 538 g/mol. The van der Waals surface area contributed by atoms with Gasteiger partial charge in [0.15, 0.2) is 0 Å². The highest BCUT2D eigenvalue weighted by atomic mass is 32.2. The zero-order valence-electron chi connectivity index (χ0n) is 24.5. The topological polar surface area (TPSA) is 96.0 Å². The quantitative estimate of drug-likeness (QED) is 0.302. The van der Waals surface area contributed by atoms with Gasteiger partial charge in [0.05, 0.1) is 19.1 Å². The minimum atomic E-state index is -3.81. The van der Waals surface area contributed by atoms with E-state index in [0.29, 0.717) is 11.4 Å². The molecule has 0 heterocycles. The molecule has 9 heteroatoms. The van der Waals surface area contributed by atoms with Gasteiger partial charge in [-0.15, -0.1) is 0 Å². The molecule has 0 saturated carbocycles. The van der Waals surface area contributed by atoms with Gasteiger partial charge in [0.2, 0.25) is 21.8 Å². The van der Waals surface area contributed by atoms with Crippen LogP contribution in [0.2, 0.25) is 0 Å². The van der Waals surface area contributed by atoms with Crippen molar-refractivity contribution in [2.45, 2.75) is 58.7 Å². The summed E-state index contributed by atoms with van der Waals surface area (Å²) in [6.07, 6.45) is 2.88. The van der Waals surface area contributed by atoms with Gasteiger partial charge in [0.25, 0.3) is 0 Å². The average Bonchev–Trinajstić information content (AvgIpc) is 2.97. The van der Waals surface area contributed by atoms with Gasteiger partial charge in [0, 0.05) is 19.0 Å². The molecule has 2 amide bonds. The number of carbonyl (C=O) groups is 2. The van der Waals surface area contributed by atoms with E-state index in [9.17, 15) is 18.0 Å². The average molecular weight is 580 g/mol. The number of benzene rings is 3. The molecule has 0 fully saturated rings. The van der Waals surface area contributed by atoms with E-state index < -0.39 is 28.5 Å². The SMILES string of the molecule is CCc1ccc(N(CC(=O)N(Cc2cccc(OC)c2)[C@H](Cc2ccccc2)C(=O)N[C@H](C)CC)S(C)(=O)=O)cc1. The molecule has 3 aromatic rings. The molecule has 0 aliphatic carbocycles. The second-order valence-corrected chi connectivity index (χ2v) is 12.1. The van der Waals surface area contributed by atoms with Crippen molar-refractivity contribution in [2.24, 2.45) is 0 Å². The number of rotatable bonds is 14. The third kappa shape index (κ3) is 9.08. The molecule has 8 nitrogen and oxygen atoms in total. The zero-order chi connectivity index (χ0) is 30.0. The number of anilines is 1. The van der Waals surface area contributed by atoms with Crippen molar-refractivity contribution in [1.29, 1.82) is 0 Å². The summed E-state index contributed by atoms with van der Waals surface area (Å²) in [5.41, 5.74) is 3.08. The molecule has 0 aliphatic heterocycles. The minimum Gasteiger partial charge on any atom is -0.497 e. The van der Waals surface area contributed by atoms with Gasteiger partial charge in [0.1, 0.15) is 18.3 Å². The Labute approximate surface area is 244 Å². The van der Waals surface area contributed by atoms with Gasteiger partial charge < -0.3 is 15.0 Å². The molecule has 0 saturated heterocycles. The van der Waals surface area contributed by atoms with Crippen LogP contribution in [-0.2, 0) is 39.0 Å². The molecule has 220 valence electrons. The van der Waals surface area contributed by atoms with Gasteiger partial charge in [-0.1, -0.05) is 68.4 Å². The number of hydrogen-bond acceptors (Lipinski definition) is 5. The van der Waals surface area contributed by atoms with Crippen molar-refractivity contribution in [3.8, 4) is 5.75 Å². The number of aryl methyl sites for hydroxylation is 1. The second-order valence-electron chi connectivity index (χ2n) is 10.2. The van der Waals surface area contributed by atoms with Crippen LogP contribution in [0.15, 0.2) is 78.9 Å². The van der Waals surface area contributed by atoms with E-state index in [2.05, 4.69) is 5.32 Å². The molecule has 0 aromatic heterocycles. The van der Waals surface area contributed by atoms with Gasteiger partial charge in [-0.05, 0) is 60.7 Å². The van der Waals surface area contributed by atoms with Crippen molar-refractivity contribution in [1.82, 2.24) is 10.2 Å². The predicted molar refractivity (Wildman–Crippen MR) is 163 cm³/mol. The number of methoxy groups -OCH3 is 1. The Hall–Kier alpha value is -3.85. The summed E-state index contributed by atoms with van der Waals surface area (Å²) in [6, 6.07) is 22.9. The molecule has 0 spiro atoms. The van der Waals surface area contributed by atoms with Crippen LogP contribution >= 0.6 is 0 Å². The first-order valence-corrected chi connectivity index (χ1v) is 15.7. The van der Waals surface area contributed by atoms with Crippen molar-refractivity contribution in [2.75, 3.05) is 24.2 Å². The maximum absolute atomic E-state index is 14.2. The van der Waals surface area contributed by atoms with Gasteiger partial charge >= 0.3 is 0 Å². The molecule has 0 radical (unpaired) electrons. The first-order chi connectivity index (χ1) is 19.5. The summed E-state index contributed by atoms with van der Waals surface area (Å²) in [5.74, 6) is -0.164. The molecule has 1 N–H and O–H groups in total. The normalized spacial score (nSPS) is 12.7. The third-order valence-corrected chi connectivity index (χ3v) is 8.21.